The Morgan fingerprint density at radius 3 is 2.47 bits per heavy atom. The van der Waals surface area contributed by atoms with Gasteiger partial charge in [-0.1, -0.05) is 6.92 Å². The van der Waals surface area contributed by atoms with Gasteiger partial charge in [0.1, 0.15) is 0 Å². The van der Waals surface area contributed by atoms with Crippen LogP contribution in [0.4, 0.5) is 0 Å². The van der Waals surface area contributed by atoms with Crippen molar-refractivity contribution in [3.63, 3.8) is 0 Å². The Bertz CT molecular complexity index is 247. The number of fused-ring (bicyclic) bond motifs is 2. The Balaban J connectivity index is 1.74. The van der Waals surface area contributed by atoms with E-state index in [0.29, 0.717) is 6.04 Å². The molecule has 3 heteroatoms. The fourth-order valence-corrected chi connectivity index (χ4v) is 3.78. The quantitative estimate of drug-likeness (QED) is 0.732. The van der Waals surface area contributed by atoms with Gasteiger partial charge in [-0.05, 0) is 57.9 Å². The van der Waals surface area contributed by atoms with Gasteiger partial charge >= 0.3 is 0 Å². The van der Waals surface area contributed by atoms with Gasteiger partial charge in [-0.3, -0.25) is 4.90 Å². The zero-order valence-electron chi connectivity index (χ0n) is 13.0. The molecular weight excluding hydrogens is 236 g/mol. The molecule has 0 aromatic heterocycles. The number of hydrogen-bond acceptors (Lipinski definition) is 3. The lowest BCUT2D eigenvalue weighted by Gasteiger charge is -2.33. The van der Waals surface area contributed by atoms with Crippen molar-refractivity contribution >= 4 is 0 Å². The molecule has 3 unspecified atom stereocenters. The van der Waals surface area contributed by atoms with Gasteiger partial charge in [0.05, 0.1) is 6.61 Å². The lowest BCUT2D eigenvalue weighted by atomic mass is 9.89. The average molecular weight is 268 g/mol. The molecule has 2 aliphatic rings. The standard InChI is InChI=1S/C16H32N2O/c1-4-13(2)18(9-10-19-3)8-7-14-11-15-5-6-16(12-14)17-15/h13-17H,4-12H2,1-3H3. The first-order chi connectivity index (χ1) is 9.22. The summed E-state index contributed by atoms with van der Waals surface area (Å²) >= 11 is 0. The van der Waals surface area contributed by atoms with Gasteiger partial charge < -0.3 is 10.1 Å². The maximum Gasteiger partial charge on any atom is 0.0589 e. The molecule has 0 radical (unpaired) electrons. The van der Waals surface area contributed by atoms with Crippen LogP contribution in [-0.2, 0) is 4.74 Å². The first-order valence-corrected chi connectivity index (χ1v) is 8.22. The fraction of sp³-hybridized carbons (Fsp3) is 1.00. The number of nitrogens with one attached hydrogen (secondary N) is 1. The van der Waals surface area contributed by atoms with Crippen LogP contribution in [0, 0.1) is 5.92 Å². The third-order valence-electron chi connectivity index (χ3n) is 5.19. The average Bonchev–Trinajstić information content (AvgIpc) is 2.77. The highest BCUT2D eigenvalue weighted by Gasteiger charge is 2.33. The van der Waals surface area contributed by atoms with Gasteiger partial charge in [-0.25, -0.2) is 0 Å². The molecule has 2 bridgehead atoms. The number of piperidine rings is 1. The molecule has 0 amide bonds. The second-order valence-electron chi connectivity index (χ2n) is 6.55. The van der Waals surface area contributed by atoms with Crippen LogP contribution in [0.2, 0.25) is 0 Å². The van der Waals surface area contributed by atoms with Crippen molar-refractivity contribution in [1.29, 1.82) is 0 Å². The van der Waals surface area contributed by atoms with E-state index in [1.165, 1.54) is 45.1 Å². The summed E-state index contributed by atoms with van der Waals surface area (Å²) < 4.78 is 5.25. The predicted octanol–water partition coefficient (Wildman–Crippen LogP) is 2.65. The molecule has 0 aliphatic carbocycles. The van der Waals surface area contributed by atoms with E-state index in [2.05, 4.69) is 24.1 Å². The molecule has 3 nitrogen and oxygen atoms in total. The van der Waals surface area contributed by atoms with Crippen LogP contribution in [0.3, 0.4) is 0 Å². The molecule has 3 atom stereocenters. The number of hydrogen-bond donors (Lipinski definition) is 1. The zero-order valence-corrected chi connectivity index (χ0v) is 13.0. The summed E-state index contributed by atoms with van der Waals surface area (Å²) in [7, 11) is 1.80. The van der Waals surface area contributed by atoms with Gasteiger partial charge in [0.15, 0.2) is 0 Å². The van der Waals surface area contributed by atoms with E-state index in [9.17, 15) is 0 Å². The SMILES string of the molecule is CCC(C)N(CCOC)CCC1CC2CCC(C1)N2. The molecule has 112 valence electrons. The number of methoxy groups -OCH3 is 1. The Morgan fingerprint density at radius 1 is 1.21 bits per heavy atom. The second-order valence-corrected chi connectivity index (χ2v) is 6.55. The van der Waals surface area contributed by atoms with Gasteiger partial charge in [-0.2, -0.15) is 0 Å². The molecule has 2 aliphatic heterocycles. The molecular formula is C16H32N2O. The molecule has 2 heterocycles. The van der Waals surface area contributed by atoms with Crippen molar-refractivity contribution in [2.24, 2.45) is 5.92 Å². The van der Waals surface area contributed by atoms with Gasteiger partial charge in [0.25, 0.3) is 0 Å². The van der Waals surface area contributed by atoms with Crippen LogP contribution in [0.25, 0.3) is 0 Å². The van der Waals surface area contributed by atoms with E-state index in [1.807, 2.05) is 0 Å². The summed E-state index contributed by atoms with van der Waals surface area (Å²) in [6.45, 7) is 7.84. The van der Waals surface area contributed by atoms with Crippen molar-refractivity contribution in [3.8, 4) is 0 Å². The molecule has 2 fully saturated rings. The molecule has 2 saturated heterocycles. The monoisotopic (exact) mass is 268 g/mol. The van der Waals surface area contributed by atoms with E-state index in [-0.39, 0.29) is 0 Å². The third kappa shape index (κ3) is 4.44. The molecule has 0 aromatic rings. The van der Waals surface area contributed by atoms with Crippen LogP contribution in [0.5, 0.6) is 0 Å². The minimum atomic E-state index is 0.689. The van der Waals surface area contributed by atoms with Gasteiger partial charge in [0.2, 0.25) is 0 Å². The summed E-state index contributed by atoms with van der Waals surface area (Å²) in [4.78, 5) is 2.62. The number of rotatable bonds is 8. The Hall–Kier alpha value is -0.120. The summed E-state index contributed by atoms with van der Waals surface area (Å²) in [5.74, 6) is 0.952. The van der Waals surface area contributed by atoms with Gasteiger partial charge in [0, 0.05) is 31.8 Å². The van der Waals surface area contributed by atoms with E-state index in [4.69, 9.17) is 4.74 Å². The van der Waals surface area contributed by atoms with Crippen LogP contribution < -0.4 is 5.32 Å². The van der Waals surface area contributed by atoms with Crippen molar-refractivity contribution in [2.45, 2.75) is 70.5 Å². The van der Waals surface area contributed by atoms with Crippen molar-refractivity contribution in [3.05, 3.63) is 0 Å². The number of ether oxygens (including phenoxy) is 1. The first kappa shape index (κ1) is 15.3. The van der Waals surface area contributed by atoms with Crippen molar-refractivity contribution in [1.82, 2.24) is 10.2 Å². The molecule has 0 spiro atoms. The summed E-state index contributed by atoms with van der Waals surface area (Å²) in [5.41, 5.74) is 0. The van der Waals surface area contributed by atoms with Crippen LogP contribution >= 0.6 is 0 Å². The Kier molecular flexibility index (Phi) is 6.11. The Labute approximate surface area is 119 Å². The zero-order chi connectivity index (χ0) is 13.7. The normalized spacial score (nSPS) is 31.9. The fourth-order valence-electron chi connectivity index (χ4n) is 3.78. The Morgan fingerprint density at radius 2 is 1.89 bits per heavy atom. The highest BCUT2D eigenvalue weighted by Crippen LogP contribution is 2.32. The predicted molar refractivity (Wildman–Crippen MR) is 80.5 cm³/mol. The van der Waals surface area contributed by atoms with Crippen LogP contribution in [-0.4, -0.2) is 49.8 Å². The lowest BCUT2D eigenvalue weighted by Crippen LogP contribution is -2.41. The first-order valence-electron chi connectivity index (χ1n) is 8.22. The van der Waals surface area contributed by atoms with Crippen LogP contribution in [0.1, 0.15) is 52.4 Å². The largest absolute Gasteiger partial charge is 0.383 e. The highest BCUT2D eigenvalue weighted by atomic mass is 16.5. The summed E-state index contributed by atoms with van der Waals surface area (Å²) in [6.07, 6.45) is 8.27. The van der Waals surface area contributed by atoms with Crippen molar-refractivity contribution in [2.75, 3.05) is 26.8 Å². The van der Waals surface area contributed by atoms with Gasteiger partial charge in [-0.15, -0.1) is 0 Å². The van der Waals surface area contributed by atoms with E-state index in [1.54, 1.807) is 7.11 Å². The molecule has 0 aromatic carbocycles. The number of nitrogens with zero attached hydrogens (tertiary/aromatic N) is 1. The lowest BCUT2D eigenvalue weighted by molar-refractivity contribution is 0.114. The molecule has 19 heavy (non-hydrogen) atoms. The maximum atomic E-state index is 5.25. The third-order valence-corrected chi connectivity index (χ3v) is 5.19. The summed E-state index contributed by atoms with van der Waals surface area (Å²) in [6, 6.07) is 2.35. The smallest absolute Gasteiger partial charge is 0.0589 e. The molecule has 2 rings (SSSR count). The minimum Gasteiger partial charge on any atom is -0.383 e. The highest BCUT2D eigenvalue weighted by molar-refractivity contribution is 4.92. The van der Waals surface area contributed by atoms with E-state index >= 15 is 0 Å². The summed E-state index contributed by atoms with van der Waals surface area (Å²) in [5, 5.41) is 3.74. The molecule has 1 N–H and O–H groups in total. The minimum absolute atomic E-state index is 0.689. The van der Waals surface area contributed by atoms with E-state index in [0.717, 1.165) is 31.2 Å². The molecule has 0 saturated carbocycles. The topological polar surface area (TPSA) is 24.5 Å². The van der Waals surface area contributed by atoms with Crippen molar-refractivity contribution < 1.29 is 4.74 Å². The van der Waals surface area contributed by atoms with Crippen LogP contribution in [0.15, 0.2) is 0 Å². The second kappa shape index (κ2) is 7.61. The van der Waals surface area contributed by atoms with E-state index < -0.39 is 0 Å². The maximum absolute atomic E-state index is 5.25.